The van der Waals surface area contributed by atoms with Crippen molar-refractivity contribution in [3.8, 4) is 5.69 Å². The molecule has 128 valence electrons. The molecular weight excluding hydrogens is 322 g/mol. The van der Waals surface area contributed by atoms with Crippen molar-refractivity contribution in [2.45, 2.75) is 13.8 Å². The zero-order valence-corrected chi connectivity index (χ0v) is 14.8. The predicted molar refractivity (Wildman–Crippen MR) is 106 cm³/mol. The lowest BCUT2D eigenvalue weighted by atomic mass is 10.1. The molecule has 1 amide bonds. The number of para-hydroxylation sites is 2. The standard InChI is InChI=1S/C22H19N3O/c1-16-13-14-20(24(16)18-9-5-3-6-10-18)15-21-17(2)23-25(22(21)26)19-11-7-4-8-12-19/h3-15H,1-2H3/b21-15+. The molecule has 0 unspecified atom stereocenters. The number of aromatic nitrogens is 1. The second kappa shape index (κ2) is 6.48. The third-order valence-electron chi connectivity index (χ3n) is 4.48. The number of carbonyl (C=O) groups excluding carboxylic acids is 1. The van der Waals surface area contributed by atoms with E-state index in [0.29, 0.717) is 5.57 Å². The smallest absolute Gasteiger partial charge is 0.280 e. The topological polar surface area (TPSA) is 37.6 Å². The highest BCUT2D eigenvalue weighted by Crippen LogP contribution is 2.26. The molecule has 0 N–H and O–H groups in total. The number of aryl methyl sites for hydroxylation is 1. The fourth-order valence-electron chi connectivity index (χ4n) is 3.18. The van der Waals surface area contributed by atoms with Crippen LogP contribution in [0.25, 0.3) is 11.8 Å². The van der Waals surface area contributed by atoms with E-state index in [9.17, 15) is 4.79 Å². The van der Waals surface area contributed by atoms with Crippen LogP contribution in [0.3, 0.4) is 0 Å². The predicted octanol–water partition coefficient (Wildman–Crippen LogP) is 4.59. The second-order valence-corrected chi connectivity index (χ2v) is 6.27. The normalized spacial score (nSPS) is 15.6. The number of carbonyl (C=O) groups is 1. The highest BCUT2D eigenvalue weighted by atomic mass is 16.2. The molecule has 0 radical (unpaired) electrons. The number of hydrogen-bond acceptors (Lipinski definition) is 2. The summed E-state index contributed by atoms with van der Waals surface area (Å²) in [4.78, 5) is 12.9. The Labute approximate surface area is 152 Å². The summed E-state index contributed by atoms with van der Waals surface area (Å²) in [5.74, 6) is -0.104. The summed E-state index contributed by atoms with van der Waals surface area (Å²) in [7, 11) is 0. The molecule has 4 heteroatoms. The van der Waals surface area contributed by atoms with E-state index in [4.69, 9.17) is 0 Å². The minimum Gasteiger partial charge on any atom is -0.314 e. The molecule has 26 heavy (non-hydrogen) atoms. The number of nitrogens with zero attached hydrogens (tertiary/aromatic N) is 3. The van der Waals surface area contributed by atoms with Gasteiger partial charge >= 0.3 is 0 Å². The Morgan fingerprint density at radius 3 is 2.08 bits per heavy atom. The van der Waals surface area contributed by atoms with Crippen LogP contribution < -0.4 is 5.01 Å². The summed E-state index contributed by atoms with van der Waals surface area (Å²) in [6.07, 6.45) is 1.92. The maximum atomic E-state index is 12.9. The van der Waals surface area contributed by atoms with Crippen LogP contribution in [0, 0.1) is 6.92 Å². The molecule has 0 saturated heterocycles. The van der Waals surface area contributed by atoms with Crippen LogP contribution in [-0.2, 0) is 4.79 Å². The van der Waals surface area contributed by atoms with Crippen LogP contribution in [0.1, 0.15) is 18.3 Å². The van der Waals surface area contributed by atoms with E-state index >= 15 is 0 Å². The van der Waals surface area contributed by atoms with Crippen molar-refractivity contribution in [2.75, 3.05) is 5.01 Å². The molecule has 1 aliphatic heterocycles. The monoisotopic (exact) mass is 341 g/mol. The number of hydrogen-bond donors (Lipinski definition) is 0. The number of amides is 1. The number of hydrazone groups is 1. The molecule has 1 aromatic heterocycles. The van der Waals surface area contributed by atoms with Crippen molar-refractivity contribution in [3.63, 3.8) is 0 Å². The van der Waals surface area contributed by atoms with Crippen LogP contribution >= 0.6 is 0 Å². The molecule has 0 fully saturated rings. The molecule has 2 heterocycles. The lowest BCUT2D eigenvalue weighted by Gasteiger charge is -2.12. The quantitative estimate of drug-likeness (QED) is 0.642. The first-order valence-corrected chi connectivity index (χ1v) is 8.56. The minimum absolute atomic E-state index is 0.104. The van der Waals surface area contributed by atoms with Crippen molar-refractivity contribution in [1.82, 2.24) is 4.57 Å². The van der Waals surface area contributed by atoms with Gasteiger partial charge in [-0.15, -0.1) is 0 Å². The van der Waals surface area contributed by atoms with E-state index in [2.05, 4.69) is 34.8 Å². The summed E-state index contributed by atoms with van der Waals surface area (Å²) in [6, 6.07) is 23.7. The zero-order chi connectivity index (χ0) is 18.1. The summed E-state index contributed by atoms with van der Waals surface area (Å²) >= 11 is 0. The molecule has 2 aromatic carbocycles. The Kier molecular flexibility index (Phi) is 4.01. The molecule has 0 saturated carbocycles. The Morgan fingerprint density at radius 1 is 0.808 bits per heavy atom. The molecule has 0 bridgehead atoms. The number of rotatable bonds is 3. The van der Waals surface area contributed by atoms with Gasteiger partial charge in [-0.3, -0.25) is 4.79 Å². The van der Waals surface area contributed by atoms with Crippen molar-refractivity contribution in [3.05, 3.63) is 89.8 Å². The van der Waals surface area contributed by atoms with E-state index in [-0.39, 0.29) is 5.91 Å². The van der Waals surface area contributed by atoms with E-state index < -0.39 is 0 Å². The number of anilines is 1. The summed E-state index contributed by atoms with van der Waals surface area (Å²) < 4.78 is 2.14. The summed E-state index contributed by atoms with van der Waals surface area (Å²) in [5.41, 5.74) is 5.25. The van der Waals surface area contributed by atoms with E-state index in [0.717, 1.165) is 28.5 Å². The summed E-state index contributed by atoms with van der Waals surface area (Å²) in [5, 5.41) is 5.91. The molecule has 3 aromatic rings. The molecule has 0 spiro atoms. The fourth-order valence-corrected chi connectivity index (χ4v) is 3.18. The first-order valence-electron chi connectivity index (χ1n) is 8.56. The van der Waals surface area contributed by atoms with E-state index in [1.165, 1.54) is 5.01 Å². The second-order valence-electron chi connectivity index (χ2n) is 6.27. The van der Waals surface area contributed by atoms with Gasteiger partial charge in [-0.2, -0.15) is 10.1 Å². The zero-order valence-electron chi connectivity index (χ0n) is 14.8. The van der Waals surface area contributed by atoms with Crippen LogP contribution in [0.2, 0.25) is 0 Å². The highest BCUT2D eigenvalue weighted by molar-refractivity contribution is 6.32. The Morgan fingerprint density at radius 2 is 1.42 bits per heavy atom. The Hall–Kier alpha value is -3.40. The van der Waals surface area contributed by atoms with Gasteiger partial charge < -0.3 is 4.57 Å². The highest BCUT2D eigenvalue weighted by Gasteiger charge is 2.28. The molecule has 0 aliphatic carbocycles. The van der Waals surface area contributed by atoms with Gasteiger partial charge in [-0.25, -0.2) is 0 Å². The van der Waals surface area contributed by atoms with Gasteiger partial charge in [0.2, 0.25) is 0 Å². The lowest BCUT2D eigenvalue weighted by molar-refractivity contribution is -0.114. The largest absolute Gasteiger partial charge is 0.314 e. The third-order valence-corrected chi connectivity index (χ3v) is 4.48. The summed E-state index contributed by atoms with van der Waals surface area (Å²) in [6.45, 7) is 3.93. The third kappa shape index (κ3) is 2.75. The lowest BCUT2D eigenvalue weighted by Crippen LogP contribution is -2.21. The molecule has 1 aliphatic rings. The van der Waals surface area contributed by atoms with Gasteiger partial charge in [-0.1, -0.05) is 36.4 Å². The van der Waals surface area contributed by atoms with Crippen molar-refractivity contribution in [2.24, 2.45) is 5.10 Å². The molecule has 0 atom stereocenters. The average Bonchev–Trinajstić information content (AvgIpc) is 3.17. The Balaban J connectivity index is 1.75. The minimum atomic E-state index is -0.104. The van der Waals surface area contributed by atoms with Gasteiger partial charge in [0.05, 0.1) is 17.0 Å². The van der Waals surface area contributed by atoms with Gasteiger partial charge in [-0.05, 0) is 56.3 Å². The maximum Gasteiger partial charge on any atom is 0.280 e. The van der Waals surface area contributed by atoms with Crippen LogP contribution in [-0.4, -0.2) is 16.2 Å². The fraction of sp³-hybridized carbons (Fsp3) is 0.0909. The van der Waals surface area contributed by atoms with Crippen LogP contribution in [0.4, 0.5) is 5.69 Å². The van der Waals surface area contributed by atoms with Crippen LogP contribution in [0.15, 0.2) is 83.5 Å². The van der Waals surface area contributed by atoms with Crippen molar-refractivity contribution < 1.29 is 4.79 Å². The van der Waals surface area contributed by atoms with Gasteiger partial charge in [0.15, 0.2) is 0 Å². The average molecular weight is 341 g/mol. The van der Waals surface area contributed by atoms with Gasteiger partial charge in [0, 0.05) is 17.1 Å². The first kappa shape index (κ1) is 16.1. The molecule has 4 rings (SSSR count). The molecule has 4 nitrogen and oxygen atoms in total. The van der Waals surface area contributed by atoms with E-state index in [1.807, 2.05) is 67.6 Å². The Bertz CT molecular complexity index is 1010. The first-order chi connectivity index (χ1) is 12.6. The van der Waals surface area contributed by atoms with Crippen LogP contribution in [0.5, 0.6) is 0 Å². The van der Waals surface area contributed by atoms with E-state index in [1.54, 1.807) is 0 Å². The van der Waals surface area contributed by atoms with Crippen molar-refractivity contribution in [1.29, 1.82) is 0 Å². The van der Waals surface area contributed by atoms with Gasteiger partial charge in [0.1, 0.15) is 0 Å². The number of benzene rings is 2. The molecular formula is C22H19N3O. The van der Waals surface area contributed by atoms with Crippen molar-refractivity contribution >= 4 is 23.4 Å². The maximum absolute atomic E-state index is 12.9. The SMILES string of the molecule is CC1=NN(c2ccccc2)C(=O)/C1=C/c1ccc(C)n1-c1ccccc1. The van der Waals surface area contributed by atoms with Gasteiger partial charge in [0.25, 0.3) is 5.91 Å².